The number of para-hydroxylation sites is 2. The quantitative estimate of drug-likeness (QED) is 0.611. The minimum atomic E-state index is -2.61. The maximum atomic E-state index is 12.9. The second-order valence-electron chi connectivity index (χ2n) is 5.90. The standard InChI is InChI=1S/C17H18F2N4O2S/c1-10-12(11(2)25-21-10)8-22(3)15(24)9-23-14-7-5-4-6-13(14)20-17(23)26-16(18)19/h4-7,16H,8-9H2,1-3H3. The maximum Gasteiger partial charge on any atom is 0.291 e. The van der Waals surface area contributed by atoms with E-state index in [0.717, 1.165) is 11.3 Å². The van der Waals surface area contributed by atoms with Crippen LogP contribution in [0.5, 0.6) is 0 Å². The first kappa shape index (κ1) is 18.4. The van der Waals surface area contributed by atoms with Crippen LogP contribution >= 0.6 is 11.8 Å². The van der Waals surface area contributed by atoms with Crippen LogP contribution < -0.4 is 0 Å². The summed E-state index contributed by atoms with van der Waals surface area (Å²) in [6, 6.07) is 7.07. The van der Waals surface area contributed by atoms with Gasteiger partial charge in [-0.2, -0.15) is 8.78 Å². The number of imidazole rings is 1. The summed E-state index contributed by atoms with van der Waals surface area (Å²) in [6.45, 7) is 3.86. The van der Waals surface area contributed by atoms with Gasteiger partial charge in [0.15, 0.2) is 5.16 Å². The van der Waals surface area contributed by atoms with E-state index in [-0.39, 0.29) is 17.6 Å². The molecule has 0 radical (unpaired) electrons. The van der Waals surface area contributed by atoms with Gasteiger partial charge >= 0.3 is 0 Å². The summed E-state index contributed by atoms with van der Waals surface area (Å²) < 4.78 is 32.4. The fourth-order valence-corrected chi connectivity index (χ4v) is 3.29. The molecule has 0 N–H and O–H groups in total. The Morgan fingerprint density at radius 1 is 1.35 bits per heavy atom. The number of aryl methyl sites for hydroxylation is 2. The molecule has 3 rings (SSSR count). The number of nitrogens with zero attached hydrogens (tertiary/aromatic N) is 4. The third-order valence-electron chi connectivity index (χ3n) is 4.11. The lowest BCUT2D eigenvalue weighted by molar-refractivity contribution is -0.131. The molecule has 0 spiro atoms. The van der Waals surface area contributed by atoms with Crippen molar-refractivity contribution in [2.24, 2.45) is 0 Å². The first-order chi connectivity index (χ1) is 12.4. The average molecular weight is 380 g/mol. The van der Waals surface area contributed by atoms with E-state index in [4.69, 9.17) is 4.52 Å². The number of carbonyl (C=O) groups is 1. The molecular formula is C17H18F2N4O2S. The van der Waals surface area contributed by atoms with E-state index in [1.54, 1.807) is 38.2 Å². The van der Waals surface area contributed by atoms with Crippen LogP contribution in [-0.2, 0) is 17.9 Å². The Labute approximate surface area is 153 Å². The van der Waals surface area contributed by atoms with Gasteiger partial charge in [-0.3, -0.25) is 4.79 Å². The van der Waals surface area contributed by atoms with Gasteiger partial charge in [0.05, 0.1) is 23.3 Å². The number of halogens is 2. The Kier molecular flexibility index (Phi) is 5.26. The lowest BCUT2D eigenvalue weighted by Crippen LogP contribution is -2.30. The van der Waals surface area contributed by atoms with Gasteiger partial charge in [0.1, 0.15) is 12.3 Å². The molecule has 26 heavy (non-hydrogen) atoms. The van der Waals surface area contributed by atoms with Crippen LogP contribution in [-0.4, -0.2) is 38.3 Å². The van der Waals surface area contributed by atoms with Gasteiger partial charge in [-0.15, -0.1) is 0 Å². The summed E-state index contributed by atoms with van der Waals surface area (Å²) in [7, 11) is 1.66. The van der Waals surface area contributed by atoms with Gasteiger partial charge < -0.3 is 14.0 Å². The lowest BCUT2D eigenvalue weighted by atomic mass is 10.2. The number of alkyl halides is 2. The Morgan fingerprint density at radius 3 is 2.73 bits per heavy atom. The molecule has 1 aromatic carbocycles. The van der Waals surface area contributed by atoms with Crippen molar-refractivity contribution in [2.45, 2.75) is 37.9 Å². The topological polar surface area (TPSA) is 64.2 Å². The molecule has 0 fully saturated rings. The Morgan fingerprint density at radius 2 is 2.08 bits per heavy atom. The lowest BCUT2D eigenvalue weighted by Gasteiger charge is -2.18. The maximum absolute atomic E-state index is 12.9. The molecular weight excluding hydrogens is 362 g/mol. The SMILES string of the molecule is Cc1noc(C)c1CN(C)C(=O)Cn1c(SC(F)F)nc2ccccc21. The first-order valence-electron chi connectivity index (χ1n) is 7.92. The highest BCUT2D eigenvalue weighted by atomic mass is 32.2. The van der Waals surface area contributed by atoms with Crippen LogP contribution in [0.4, 0.5) is 8.78 Å². The molecule has 0 aliphatic rings. The highest BCUT2D eigenvalue weighted by molar-refractivity contribution is 7.99. The van der Waals surface area contributed by atoms with Gasteiger partial charge in [-0.1, -0.05) is 17.3 Å². The Bertz CT molecular complexity index is 919. The number of carbonyl (C=O) groups excluding carboxylic acids is 1. The average Bonchev–Trinajstić information content (AvgIpc) is 3.09. The third kappa shape index (κ3) is 3.72. The number of amides is 1. The number of hydrogen-bond donors (Lipinski definition) is 0. The van der Waals surface area contributed by atoms with Gasteiger partial charge in [0, 0.05) is 12.6 Å². The number of likely N-dealkylation sites (N-methyl/N-ethyl adjacent to an activating group) is 1. The molecule has 2 heterocycles. The molecule has 138 valence electrons. The predicted octanol–water partition coefficient (Wildman–Crippen LogP) is 3.61. The van der Waals surface area contributed by atoms with E-state index in [1.165, 1.54) is 9.47 Å². The van der Waals surface area contributed by atoms with Crippen molar-refractivity contribution in [1.29, 1.82) is 0 Å². The molecule has 0 unspecified atom stereocenters. The van der Waals surface area contributed by atoms with Crippen LogP contribution in [0.25, 0.3) is 11.0 Å². The highest BCUT2D eigenvalue weighted by Crippen LogP contribution is 2.28. The third-order valence-corrected chi connectivity index (χ3v) is 4.81. The van der Waals surface area contributed by atoms with Crippen molar-refractivity contribution in [3.63, 3.8) is 0 Å². The second kappa shape index (κ2) is 7.45. The van der Waals surface area contributed by atoms with E-state index in [0.29, 0.717) is 35.1 Å². The van der Waals surface area contributed by atoms with Gasteiger partial charge in [-0.25, -0.2) is 4.98 Å². The minimum Gasteiger partial charge on any atom is -0.361 e. The normalized spacial score (nSPS) is 11.5. The van der Waals surface area contributed by atoms with Crippen LogP contribution in [0.3, 0.4) is 0 Å². The molecule has 3 aromatic rings. The van der Waals surface area contributed by atoms with Crippen molar-refractivity contribution in [2.75, 3.05) is 7.05 Å². The summed E-state index contributed by atoms with van der Waals surface area (Å²) in [5.41, 5.74) is 2.80. The molecule has 0 saturated heterocycles. The zero-order chi connectivity index (χ0) is 18.8. The Hall–Kier alpha value is -2.42. The molecule has 0 aliphatic heterocycles. The molecule has 9 heteroatoms. The zero-order valence-electron chi connectivity index (χ0n) is 14.6. The van der Waals surface area contributed by atoms with Crippen molar-refractivity contribution in [3.05, 3.63) is 41.3 Å². The summed E-state index contributed by atoms with van der Waals surface area (Å²) in [4.78, 5) is 18.4. The van der Waals surface area contributed by atoms with Crippen molar-refractivity contribution >= 4 is 28.7 Å². The number of hydrogen-bond acceptors (Lipinski definition) is 5. The van der Waals surface area contributed by atoms with E-state index in [9.17, 15) is 13.6 Å². The summed E-state index contributed by atoms with van der Waals surface area (Å²) in [5.74, 6) is -2.17. The molecule has 0 atom stereocenters. The number of aromatic nitrogens is 3. The molecule has 1 amide bonds. The van der Waals surface area contributed by atoms with Crippen molar-refractivity contribution in [3.8, 4) is 0 Å². The van der Waals surface area contributed by atoms with Crippen molar-refractivity contribution in [1.82, 2.24) is 19.6 Å². The molecule has 0 saturated carbocycles. The number of benzene rings is 1. The van der Waals surface area contributed by atoms with E-state index >= 15 is 0 Å². The van der Waals surface area contributed by atoms with Crippen molar-refractivity contribution < 1.29 is 18.1 Å². The summed E-state index contributed by atoms with van der Waals surface area (Å²) in [5, 5.41) is 4.00. The fraction of sp³-hybridized carbons (Fsp3) is 0.353. The van der Waals surface area contributed by atoms with Crippen LogP contribution in [0, 0.1) is 13.8 Å². The van der Waals surface area contributed by atoms with Gasteiger partial charge in [0.25, 0.3) is 5.76 Å². The first-order valence-corrected chi connectivity index (χ1v) is 8.80. The monoisotopic (exact) mass is 380 g/mol. The zero-order valence-corrected chi connectivity index (χ0v) is 15.4. The summed E-state index contributed by atoms with van der Waals surface area (Å²) >= 11 is 0.338. The second-order valence-corrected chi connectivity index (χ2v) is 6.86. The molecule has 6 nitrogen and oxygen atoms in total. The smallest absolute Gasteiger partial charge is 0.291 e. The van der Waals surface area contributed by atoms with Crippen LogP contribution in [0.1, 0.15) is 17.0 Å². The highest BCUT2D eigenvalue weighted by Gasteiger charge is 2.20. The largest absolute Gasteiger partial charge is 0.361 e. The molecule has 0 aliphatic carbocycles. The van der Waals surface area contributed by atoms with Gasteiger partial charge in [0.2, 0.25) is 5.91 Å². The van der Waals surface area contributed by atoms with E-state index in [1.807, 2.05) is 6.92 Å². The van der Waals surface area contributed by atoms with E-state index in [2.05, 4.69) is 10.1 Å². The molecule has 2 aromatic heterocycles. The summed E-state index contributed by atoms with van der Waals surface area (Å²) in [6.07, 6.45) is 0. The minimum absolute atomic E-state index is 0.0740. The number of thioether (sulfide) groups is 1. The Balaban J connectivity index is 1.84. The van der Waals surface area contributed by atoms with Gasteiger partial charge in [-0.05, 0) is 37.7 Å². The fourth-order valence-electron chi connectivity index (χ4n) is 2.68. The molecule has 0 bridgehead atoms. The predicted molar refractivity (Wildman–Crippen MR) is 94.0 cm³/mol. The number of fused-ring (bicyclic) bond motifs is 1. The van der Waals surface area contributed by atoms with Crippen LogP contribution in [0.15, 0.2) is 33.9 Å². The number of rotatable bonds is 6. The van der Waals surface area contributed by atoms with E-state index < -0.39 is 5.76 Å². The van der Waals surface area contributed by atoms with Crippen LogP contribution in [0.2, 0.25) is 0 Å².